The van der Waals surface area contributed by atoms with Crippen LogP contribution >= 0.6 is 0 Å². The lowest BCUT2D eigenvalue weighted by atomic mass is 10.0. The van der Waals surface area contributed by atoms with Crippen molar-refractivity contribution in [2.75, 3.05) is 6.54 Å². The number of carbonyl (C=O) groups is 1. The number of alkyl carbamates (subject to hydrolysis) is 1. The minimum atomic E-state index is -0.419. The van der Waals surface area contributed by atoms with E-state index in [1.807, 2.05) is 60.7 Å². The van der Waals surface area contributed by atoms with E-state index < -0.39 is 6.09 Å². The fraction of sp³-hybridized carbons (Fsp3) is 0.0870. The van der Waals surface area contributed by atoms with E-state index in [1.54, 1.807) is 0 Å². The number of ether oxygens (including phenoxy) is 1. The summed E-state index contributed by atoms with van der Waals surface area (Å²) in [6, 6.07) is 28.2. The van der Waals surface area contributed by atoms with Gasteiger partial charge in [-0.2, -0.15) is 0 Å². The lowest BCUT2D eigenvalue weighted by molar-refractivity contribution is 0.141. The van der Waals surface area contributed by atoms with Crippen molar-refractivity contribution in [1.82, 2.24) is 5.32 Å². The first-order valence-corrected chi connectivity index (χ1v) is 8.58. The number of rotatable bonds is 6. The standard InChI is InChI=1S/C23H21NO2/c25-23(26-18-20-8-3-1-4-9-20)24-17-7-10-19-13-15-22(16-14-19)21-11-5-2-6-12-21/h1-16H,17-18H2,(H,24,25). The van der Waals surface area contributed by atoms with Gasteiger partial charge < -0.3 is 10.1 Å². The molecule has 0 aromatic heterocycles. The van der Waals surface area contributed by atoms with Gasteiger partial charge in [0.2, 0.25) is 0 Å². The normalized spacial score (nSPS) is 10.6. The highest BCUT2D eigenvalue weighted by Gasteiger charge is 2.00. The summed E-state index contributed by atoms with van der Waals surface area (Å²) < 4.78 is 5.16. The molecule has 0 aliphatic rings. The molecule has 3 aromatic carbocycles. The molecular weight excluding hydrogens is 322 g/mol. The zero-order valence-electron chi connectivity index (χ0n) is 14.5. The molecule has 0 spiro atoms. The largest absolute Gasteiger partial charge is 0.445 e. The van der Waals surface area contributed by atoms with E-state index in [0.717, 1.165) is 11.1 Å². The second-order valence-corrected chi connectivity index (χ2v) is 5.83. The van der Waals surface area contributed by atoms with Crippen molar-refractivity contribution in [3.8, 4) is 11.1 Å². The Bertz CT molecular complexity index is 840. The van der Waals surface area contributed by atoms with Crippen LogP contribution in [0.2, 0.25) is 0 Å². The monoisotopic (exact) mass is 343 g/mol. The Hall–Kier alpha value is -3.33. The van der Waals surface area contributed by atoms with Gasteiger partial charge in [-0.3, -0.25) is 0 Å². The van der Waals surface area contributed by atoms with Gasteiger partial charge in [0.15, 0.2) is 0 Å². The second kappa shape index (κ2) is 9.23. The van der Waals surface area contributed by atoms with Gasteiger partial charge in [0.25, 0.3) is 0 Å². The average Bonchev–Trinajstić information content (AvgIpc) is 2.71. The maximum Gasteiger partial charge on any atom is 0.407 e. The maximum atomic E-state index is 11.7. The first kappa shape index (κ1) is 17.5. The Morgan fingerprint density at radius 1 is 0.808 bits per heavy atom. The predicted octanol–water partition coefficient (Wildman–Crippen LogP) is 5.29. The van der Waals surface area contributed by atoms with E-state index in [-0.39, 0.29) is 6.61 Å². The van der Waals surface area contributed by atoms with Crippen molar-refractivity contribution < 1.29 is 9.53 Å². The molecule has 0 saturated heterocycles. The number of nitrogens with one attached hydrogen (secondary N) is 1. The fourth-order valence-electron chi connectivity index (χ4n) is 2.53. The average molecular weight is 343 g/mol. The molecule has 0 unspecified atom stereocenters. The summed E-state index contributed by atoms with van der Waals surface area (Å²) >= 11 is 0. The van der Waals surface area contributed by atoms with E-state index in [4.69, 9.17) is 4.74 Å². The lowest BCUT2D eigenvalue weighted by Crippen LogP contribution is -2.24. The third kappa shape index (κ3) is 5.35. The number of benzene rings is 3. The van der Waals surface area contributed by atoms with Crippen LogP contribution in [0.5, 0.6) is 0 Å². The molecule has 1 N–H and O–H groups in total. The summed E-state index contributed by atoms with van der Waals surface area (Å²) in [5.41, 5.74) is 4.44. The van der Waals surface area contributed by atoms with Crippen molar-refractivity contribution >= 4 is 12.2 Å². The Balaban J connectivity index is 1.43. The molecule has 0 heterocycles. The van der Waals surface area contributed by atoms with E-state index in [0.29, 0.717) is 6.54 Å². The number of amides is 1. The molecule has 3 nitrogen and oxygen atoms in total. The molecule has 3 rings (SSSR count). The minimum absolute atomic E-state index is 0.275. The molecular formula is C23H21NO2. The van der Waals surface area contributed by atoms with Gasteiger partial charge in [0.1, 0.15) is 6.61 Å². The van der Waals surface area contributed by atoms with Crippen LogP contribution in [0.15, 0.2) is 91.0 Å². The smallest absolute Gasteiger partial charge is 0.407 e. The van der Waals surface area contributed by atoms with E-state index in [9.17, 15) is 4.79 Å². The van der Waals surface area contributed by atoms with Crippen molar-refractivity contribution in [1.29, 1.82) is 0 Å². The van der Waals surface area contributed by atoms with Gasteiger partial charge in [-0.25, -0.2) is 4.79 Å². The van der Waals surface area contributed by atoms with E-state index >= 15 is 0 Å². The molecule has 3 aromatic rings. The van der Waals surface area contributed by atoms with Crippen molar-refractivity contribution in [3.05, 3.63) is 102 Å². The SMILES string of the molecule is O=C(NCC=Cc1ccc(-c2ccccc2)cc1)OCc1ccccc1. The number of carbonyl (C=O) groups excluding carboxylic acids is 1. The summed E-state index contributed by atoms with van der Waals surface area (Å²) in [4.78, 5) is 11.7. The lowest BCUT2D eigenvalue weighted by Gasteiger charge is -2.05. The zero-order valence-corrected chi connectivity index (χ0v) is 14.5. The Labute approximate surface area is 154 Å². The van der Waals surface area contributed by atoms with Crippen LogP contribution in [0.1, 0.15) is 11.1 Å². The summed E-state index contributed by atoms with van der Waals surface area (Å²) in [6.07, 6.45) is 3.46. The zero-order chi connectivity index (χ0) is 18.0. The summed E-state index contributed by atoms with van der Waals surface area (Å²) in [5, 5.41) is 2.71. The molecule has 0 radical (unpaired) electrons. The summed E-state index contributed by atoms with van der Waals surface area (Å²) in [6.45, 7) is 0.700. The minimum Gasteiger partial charge on any atom is -0.445 e. The van der Waals surface area contributed by atoms with E-state index in [1.165, 1.54) is 11.1 Å². The molecule has 0 fully saturated rings. The molecule has 130 valence electrons. The molecule has 0 aliphatic heterocycles. The molecule has 0 bridgehead atoms. The first-order chi connectivity index (χ1) is 12.8. The molecule has 1 amide bonds. The van der Waals surface area contributed by atoms with Crippen LogP contribution in [0, 0.1) is 0 Å². The van der Waals surface area contributed by atoms with Gasteiger partial charge in [0.05, 0.1) is 0 Å². The second-order valence-electron chi connectivity index (χ2n) is 5.83. The van der Waals surface area contributed by atoms with Crippen molar-refractivity contribution in [2.45, 2.75) is 6.61 Å². The molecule has 3 heteroatoms. The highest BCUT2D eigenvalue weighted by Crippen LogP contribution is 2.19. The predicted molar refractivity (Wildman–Crippen MR) is 106 cm³/mol. The molecule has 0 aliphatic carbocycles. The highest BCUT2D eigenvalue weighted by atomic mass is 16.5. The van der Waals surface area contributed by atoms with Crippen LogP contribution in [-0.2, 0) is 11.3 Å². The highest BCUT2D eigenvalue weighted by molar-refractivity contribution is 5.68. The first-order valence-electron chi connectivity index (χ1n) is 8.58. The van der Waals surface area contributed by atoms with Crippen molar-refractivity contribution in [2.24, 2.45) is 0 Å². The van der Waals surface area contributed by atoms with Gasteiger partial charge >= 0.3 is 6.09 Å². The van der Waals surface area contributed by atoms with Crippen LogP contribution in [0.25, 0.3) is 17.2 Å². The topological polar surface area (TPSA) is 38.3 Å². The Kier molecular flexibility index (Phi) is 6.21. The van der Waals surface area contributed by atoms with Crippen LogP contribution in [-0.4, -0.2) is 12.6 Å². The third-order valence-electron chi connectivity index (χ3n) is 3.91. The molecule has 0 saturated carbocycles. The van der Waals surface area contributed by atoms with Gasteiger partial charge in [0, 0.05) is 6.54 Å². The molecule has 26 heavy (non-hydrogen) atoms. The Morgan fingerprint density at radius 3 is 2.12 bits per heavy atom. The van der Waals surface area contributed by atoms with E-state index in [2.05, 4.69) is 41.7 Å². The Morgan fingerprint density at radius 2 is 1.42 bits per heavy atom. The maximum absolute atomic E-state index is 11.7. The van der Waals surface area contributed by atoms with Crippen LogP contribution in [0.3, 0.4) is 0 Å². The van der Waals surface area contributed by atoms with Crippen LogP contribution in [0.4, 0.5) is 4.79 Å². The fourth-order valence-corrected chi connectivity index (χ4v) is 2.53. The number of hydrogen-bond donors (Lipinski definition) is 1. The van der Waals surface area contributed by atoms with Gasteiger partial charge in [-0.15, -0.1) is 0 Å². The summed E-state index contributed by atoms with van der Waals surface area (Å²) in [7, 11) is 0. The number of hydrogen-bond acceptors (Lipinski definition) is 2. The summed E-state index contributed by atoms with van der Waals surface area (Å²) in [5.74, 6) is 0. The van der Waals surface area contributed by atoms with Gasteiger partial charge in [-0.05, 0) is 22.3 Å². The molecule has 0 atom stereocenters. The van der Waals surface area contributed by atoms with Crippen LogP contribution < -0.4 is 5.32 Å². The van der Waals surface area contributed by atoms with Gasteiger partial charge in [-0.1, -0.05) is 97.1 Å². The van der Waals surface area contributed by atoms with Crippen molar-refractivity contribution in [3.63, 3.8) is 0 Å². The third-order valence-corrected chi connectivity index (χ3v) is 3.91. The quantitative estimate of drug-likeness (QED) is 0.660.